The van der Waals surface area contributed by atoms with E-state index in [-0.39, 0.29) is 0 Å². The molecule has 1 unspecified atom stereocenters. The lowest BCUT2D eigenvalue weighted by Gasteiger charge is -2.12. The number of carboxylic acid groups (broad SMARTS) is 1. The van der Waals surface area contributed by atoms with Gasteiger partial charge in [-0.1, -0.05) is 13.8 Å². The van der Waals surface area contributed by atoms with E-state index in [1.165, 1.54) is 0 Å². The normalized spacial score (nSPS) is 12.4. The predicted molar refractivity (Wildman–Crippen MR) is 73.8 cm³/mol. The summed E-state index contributed by atoms with van der Waals surface area (Å²) >= 11 is 1.78. The van der Waals surface area contributed by atoms with Crippen LogP contribution in [0.2, 0.25) is 0 Å². The summed E-state index contributed by atoms with van der Waals surface area (Å²) in [5.41, 5.74) is 2.78. The van der Waals surface area contributed by atoms with Gasteiger partial charge < -0.3 is 5.11 Å². The molecule has 100 valence electrons. The largest absolute Gasteiger partial charge is 0.481 e. The van der Waals surface area contributed by atoms with Crippen LogP contribution in [0.15, 0.2) is 0 Å². The van der Waals surface area contributed by atoms with E-state index in [9.17, 15) is 4.79 Å². The summed E-state index contributed by atoms with van der Waals surface area (Å²) in [6.45, 7) is 7.67. The standard InChI is InChI=1S/C13H20N2O2S/c1-5-18-7-12-14-9(3)11(10(4)15-12)6-8(2)13(16)17/h8H,5-7H2,1-4H3,(H,16,17). The van der Waals surface area contributed by atoms with Gasteiger partial charge in [0.05, 0.1) is 11.7 Å². The third kappa shape index (κ3) is 3.98. The third-order valence-electron chi connectivity index (χ3n) is 2.83. The molecule has 4 nitrogen and oxygen atoms in total. The Kier molecular flexibility index (Phi) is 5.59. The summed E-state index contributed by atoms with van der Waals surface area (Å²) in [5, 5.41) is 8.95. The number of carbonyl (C=O) groups is 1. The van der Waals surface area contributed by atoms with Crippen LogP contribution in [0, 0.1) is 19.8 Å². The molecular formula is C13H20N2O2S. The Balaban J connectivity index is 2.90. The van der Waals surface area contributed by atoms with Crippen molar-refractivity contribution < 1.29 is 9.90 Å². The Bertz CT molecular complexity index is 412. The summed E-state index contributed by atoms with van der Waals surface area (Å²) in [5.74, 6) is 1.51. The van der Waals surface area contributed by atoms with E-state index in [1.807, 2.05) is 13.8 Å². The molecule has 1 aromatic rings. The van der Waals surface area contributed by atoms with Crippen LogP contribution >= 0.6 is 11.8 Å². The molecule has 0 radical (unpaired) electrons. The summed E-state index contributed by atoms with van der Waals surface area (Å²) in [6, 6.07) is 0. The summed E-state index contributed by atoms with van der Waals surface area (Å²) in [7, 11) is 0. The molecule has 0 spiro atoms. The number of rotatable bonds is 6. The number of aliphatic carboxylic acids is 1. The Morgan fingerprint density at radius 1 is 1.33 bits per heavy atom. The average Bonchev–Trinajstić information content (AvgIpc) is 2.30. The molecule has 0 aliphatic rings. The molecule has 1 N–H and O–H groups in total. The third-order valence-corrected chi connectivity index (χ3v) is 3.70. The first-order valence-electron chi connectivity index (χ1n) is 6.09. The van der Waals surface area contributed by atoms with Gasteiger partial charge in [-0.05, 0) is 31.6 Å². The van der Waals surface area contributed by atoms with Crippen LogP contribution < -0.4 is 0 Å². The van der Waals surface area contributed by atoms with Crippen molar-refractivity contribution in [2.75, 3.05) is 5.75 Å². The van der Waals surface area contributed by atoms with Crippen LogP contribution in [-0.4, -0.2) is 26.8 Å². The maximum absolute atomic E-state index is 10.9. The summed E-state index contributed by atoms with van der Waals surface area (Å²) in [4.78, 5) is 19.8. The number of nitrogens with zero attached hydrogens (tertiary/aromatic N) is 2. The molecule has 1 atom stereocenters. The Hall–Kier alpha value is -1.10. The van der Waals surface area contributed by atoms with Crippen LogP contribution in [0.25, 0.3) is 0 Å². The van der Waals surface area contributed by atoms with E-state index in [2.05, 4.69) is 16.9 Å². The first-order chi connectivity index (χ1) is 8.45. The Morgan fingerprint density at radius 2 is 1.89 bits per heavy atom. The zero-order valence-corrected chi connectivity index (χ0v) is 12.2. The number of aromatic nitrogens is 2. The van der Waals surface area contributed by atoms with E-state index in [1.54, 1.807) is 18.7 Å². The molecule has 0 bridgehead atoms. The highest BCUT2D eigenvalue weighted by molar-refractivity contribution is 7.98. The maximum atomic E-state index is 10.9. The predicted octanol–water partition coefficient (Wildman–Crippen LogP) is 2.61. The maximum Gasteiger partial charge on any atom is 0.306 e. The van der Waals surface area contributed by atoms with Gasteiger partial charge in [-0.3, -0.25) is 4.79 Å². The molecular weight excluding hydrogens is 248 g/mol. The Labute approximate surface area is 112 Å². The summed E-state index contributed by atoms with van der Waals surface area (Å²) in [6.07, 6.45) is 0.494. The van der Waals surface area contributed by atoms with Crippen LogP contribution in [0.4, 0.5) is 0 Å². The molecule has 0 saturated carbocycles. The molecule has 1 rings (SSSR count). The lowest BCUT2D eigenvalue weighted by molar-refractivity contribution is -0.141. The second-order valence-corrected chi connectivity index (χ2v) is 5.64. The highest BCUT2D eigenvalue weighted by Gasteiger charge is 2.16. The second-order valence-electron chi connectivity index (χ2n) is 4.37. The zero-order valence-electron chi connectivity index (χ0n) is 11.4. The highest BCUT2D eigenvalue weighted by atomic mass is 32.2. The van der Waals surface area contributed by atoms with Crippen molar-refractivity contribution in [3.63, 3.8) is 0 Å². The van der Waals surface area contributed by atoms with Gasteiger partial charge in [0.2, 0.25) is 0 Å². The van der Waals surface area contributed by atoms with Crippen molar-refractivity contribution in [3.05, 3.63) is 22.8 Å². The van der Waals surface area contributed by atoms with E-state index in [4.69, 9.17) is 5.11 Å². The highest BCUT2D eigenvalue weighted by Crippen LogP contribution is 2.17. The minimum Gasteiger partial charge on any atom is -0.481 e. The number of carboxylic acids is 1. The number of hydrogen-bond acceptors (Lipinski definition) is 4. The van der Waals surface area contributed by atoms with Gasteiger partial charge in [-0.25, -0.2) is 9.97 Å². The SMILES string of the molecule is CCSCc1nc(C)c(CC(C)C(=O)O)c(C)n1. The van der Waals surface area contributed by atoms with Gasteiger partial charge in [-0.15, -0.1) is 0 Å². The molecule has 0 aromatic carbocycles. The van der Waals surface area contributed by atoms with E-state index < -0.39 is 11.9 Å². The summed E-state index contributed by atoms with van der Waals surface area (Å²) < 4.78 is 0. The topological polar surface area (TPSA) is 63.1 Å². The van der Waals surface area contributed by atoms with Crippen LogP contribution in [0.3, 0.4) is 0 Å². The first-order valence-corrected chi connectivity index (χ1v) is 7.24. The molecule has 1 heterocycles. The van der Waals surface area contributed by atoms with Crippen molar-refractivity contribution in [3.8, 4) is 0 Å². The molecule has 0 amide bonds. The van der Waals surface area contributed by atoms with Crippen molar-refractivity contribution in [1.82, 2.24) is 9.97 Å². The van der Waals surface area contributed by atoms with E-state index in [0.717, 1.165) is 34.3 Å². The van der Waals surface area contributed by atoms with Crippen molar-refractivity contribution in [1.29, 1.82) is 0 Å². The number of hydrogen-bond donors (Lipinski definition) is 1. The molecule has 0 saturated heterocycles. The fraction of sp³-hybridized carbons (Fsp3) is 0.615. The van der Waals surface area contributed by atoms with Crippen LogP contribution in [-0.2, 0) is 17.0 Å². The zero-order chi connectivity index (χ0) is 13.7. The molecule has 18 heavy (non-hydrogen) atoms. The van der Waals surface area contributed by atoms with Crippen molar-refractivity contribution >= 4 is 17.7 Å². The smallest absolute Gasteiger partial charge is 0.306 e. The number of aryl methyl sites for hydroxylation is 2. The van der Waals surface area contributed by atoms with E-state index in [0.29, 0.717) is 6.42 Å². The monoisotopic (exact) mass is 268 g/mol. The quantitative estimate of drug-likeness (QED) is 0.859. The lowest BCUT2D eigenvalue weighted by Crippen LogP contribution is -2.15. The van der Waals surface area contributed by atoms with Gasteiger partial charge in [0.15, 0.2) is 0 Å². The minimum atomic E-state index is -0.778. The average molecular weight is 268 g/mol. The van der Waals surface area contributed by atoms with Gasteiger partial charge in [0.25, 0.3) is 0 Å². The minimum absolute atomic E-state index is 0.401. The molecule has 0 aliphatic heterocycles. The second kappa shape index (κ2) is 6.73. The molecule has 0 aliphatic carbocycles. The fourth-order valence-electron chi connectivity index (χ4n) is 1.76. The van der Waals surface area contributed by atoms with Crippen molar-refractivity contribution in [2.24, 2.45) is 5.92 Å². The Morgan fingerprint density at radius 3 is 2.33 bits per heavy atom. The van der Waals surface area contributed by atoms with Crippen molar-refractivity contribution in [2.45, 2.75) is 39.9 Å². The van der Waals surface area contributed by atoms with Crippen LogP contribution in [0.1, 0.15) is 36.6 Å². The van der Waals surface area contributed by atoms with Gasteiger partial charge in [0.1, 0.15) is 5.82 Å². The van der Waals surface area contributed by atoms with E-state index >= 15 is 0 Å². The van der Waals surface area contributed by atoms with Gasteiger partial charge in [0, 0.05) is 11.4 Å². The molecule has 0 fully saturated rings. The van der Waals surface area contributed by atoms with Crippen LogP contribution in [0.5, 0.6) is 0 Å². The lowest BCUT2D eigenvalue weighted by atomic mass is 9.99. The van der Waals surface area contributed by atoms with Gasteiger partial charge in [-0.2, -0.15) is 11.8 Å². The first kappa shape index (κ1) is 15.0. The molecule has 1 aromatic heterocycles. The van der Waals surface area contributed by atoms with Gasteiger partial charge >= 0.3 is 5.97 Å². The number of thioether (sulfide) groups is 1. The fourth-order valence-corrected chi connectivity index (χ4v) is 2.27. The molecule has 5 heteroatoms.